The molecule has 1 aliphatic heterocycles. The Morgan fingerprint density at radius 2 is 1.88 bits per heavy atom. The number of anilines is 1. The molecular weight excluding hydrogens is 319 g/mol. The van der Waals surface area contributed by atoms with E-state index in [0.29, 0.717) is 21.9 Å². The highest BCUT2D eigenvalue weighted by Gasteiger charge is 2.31. The number of imidazole rings is 1. The van der Waals surface area contributed by atoms with Gasteiger partial charge in [-0.05, 0) is 25.2 Å². The van der Waals surface area contributed by atoms with Crippen LogP contribution in [-0.2, 0) is 6.18 Å². The van der Waals surface area contributed by atoms with Gasteiger partial charge in [-0.15, -0.1) is 0 Å². The largest absolute Gasteiger partial charge is 0.416 e. The van der Waals surface area contributed by atoms with Gasteiger partial charge in [-0.25, -0.2) is 9.97 Å². The summed E-state index contributed by atoms with van der Waals surface area (Å²) in [5.74, 6) is 0.753. The zero-order chi connectivity index (χ0) is 16.9. The molecule has 24 heavy (non-hydrogen) atoms. The number of rotatable bonds is 1. The van der Waals surface area contributed by atoms with E-state index in [-0.39, 0.29) is 0 Å². The van der Waals surface area contributed by atoms with Gasteiger partial charge in [0.1, 0.15) is 11.0 Å². The smallest absolute Gasteiger partial charge is 0.352 e. The zero-order valence-electron chi connectivity index (χ0n) is 13.1. The summed E-state index contributed by atoms with van der Waals surface area (Å²) in [5.41, 5.74) is 1.05. The van der Waals surface area contributed by atoms with Gasteiger partial charge < -0.3 is 14.8 Å². The molecule has 1 aromatic carbocycles. The molecule has 4 rings (SSSR count). The Kier molecular flexibility index (Phi) is 3.38. The van der Waals surface area contributed by atoms with E-state index in [4.69, 9.17) is 0 Å². The first kappa shape index (κ1) is 15.2. The second-order valence-corrected chi connectivity index (χ2v) is 6.08. The molecule has 3 aromatic rings. The van der Waals surface area contributed by atoms with Crippen LogP contribution < -0.4 is 4.90 Å². The Hall–Kier alpha value is -2.35. The number of H-pyrrole nitrogens is 1. The van der Waals surface area contributed by atoms with Crippen LogP contribution >= 0.6 is 0 Å². The van der Waals surface area contributed by atoms with Crippen molar-refractivity contribution in [3.63, 3.8) is 0 Å². The SMILES string of the molecule is CN1CCN(c2nc3ccc(C(F)(F)F)cc3c3nc[nH]c23)CC1. The average molecular weight is 335 g/mol. The minimum Gasteiger partial charge on any atom is -0.352 e. The summed E-state index contributed by atoms with van der Waals surface area (Å²) in [5, 5.41) is 0.416. The van der Waals surface area contributed by atoms with Crippen LogP contribution in [0.3, 0.4) is 0 Å². The number of hydrogen-bond acceptors (Lipinski definition) is 4. The number of nitrogens with zero attached hydrogens (tertiary/aromatic N) is 4. The molecule has 1 fully saturated rings. The lowest BCUT2D eigenvalue weighted by Gasteiger charge is -2.33. The molecule has 5 nitrogen and oxygen atoms in total. The van der Waals surface area contributed by atoms with E-state index in [2.05, 4.69) is 31.8 Å². The van der Waals surface area contributed by atoms with Crippen molar-refractivity contribution in [1.29, 1.82) is 0 Å². The summed E-state index contributed by atoms with van der Waals surface area (Å²) in [7, 11) is 2.07. The van der Waals surface area contributed by atoms with Crippen molar-refractivity contribution in [3.05, 3.63) is 30.1 Å². The molecule has 0 atom stereocenters. The molecule has 0 aliphatic carbocycles. The number of alkyl halides is 3. The summed E-state index contributed by atoms with van der Waals surface area (Å²) < 4.78 is 39.0. The zero-order valence-corrected chi connectivity index (χ0v) is 13.1. The van der Waals surface area contributed by atoms with Crippen LogP contribution in [0.15, 0.2) is 24.5 Å². The number of likely N-dealkylation sites (N-methyl/N-ethyl adjacent to an activating group) is 1. The maximum Gasteiger partial charge on any atom is 0.416 e. The lowest BCUT2D eigenvalue weighted by atomic mass is 10.1. The summed E-state index contributed by atoms with van der Waals surface area (Å²) in [6.45, 7) is 3.48. The van der Waals surface area contributed by atoms with Crippen molar-refractivity contribution in [2.45, 2.75) is 6.18 Å². The number of piperazine rings is 1. The first-order valence-corrected chi connectivity index (χ1v) is 7.71. The first-order chi connectivity index (χ1) is 11.4. The van der Waals surface area contributed by atoms with E-state index in [1.54, 1.807) is 0 Å². The molecule has 3 heterocycles. The molecule has 126 valence electrons. The Morgan fingerprint density at radius 3 is 2.58 bits per heavy atom. The highest BCUT2D eigenvalue weighted by molar-refractivity contribution is 6.06. The number of hydrogen-bond donors (Lipinski definition) is 1. The van der Waals surface area contributed by atoms with Crippen molar-refractivity contribution >= 4 is 27.8 Å². The van der Waals surface area contributed by atoms with Crippen molar-refractivity contribution in [2.75, 3.05) is 38.1 Å². The fraction of sp³-hybridized carbons (Fsp3) is 0.375. The summed E-state index contributed by atoms with van der Waals surface area (Å²) in [4.78, 5) is 16.3. The predicted molar refractivity (Wildman–Crippen MR) is 86.1 cm³/mol. The lowest BCUT2D eigenvalue weighted by molar-refractivity contribution is -0.137. The Balaban J connectivity index is 1.88. The number of aromatic nitrogens is 3. The van der Waals surface area contributed by atoms with Crippen LogP contribution in [-0.4, -0.2) is 53.1 Å². The second-order valence-electron chi connectivity index (χ2n) is 6.08. The van der Waals surface area contributed by atoms with Gasteiger partial charge in [0.15, 0.2) is 5.82 Å². The molecule has 0 bridgehead atoms. The van der Waals surface area contributed by atoms with E-state index in [1.165, 1.54) is 12.4 Å². The Labute approximate surface area is 136 Å². The highest BCUT2D eigenvalue weighted by atomic mass is 19.4. The molecule has 0 radical (unpaired) electrons. The van der Waals surface area contributed by atoms with Gasteiger partial charge in [0, 0.05) is 31.6 Å². The normalized spacial score (nSPS) is 17.1. The van der Waals surface area contributed by atoms with E-state index in [0.717, 1.165) is 44.1 Å². The van der Waals surface area contributed by atoms with Gasteiger partial charge in [-0.2, -0.15) is 13.2 Å². The van der Waals surface area contributed by atoms with Crippen molar-refractivity contribution < 1.29 is 13.2 Å². The van der Waals surface area contributed by atoms with Crippen molar-refractivity contribution in [3.8, 4) is 0 Å². The molecule has 8 heteroatoms. The van der Waals surface area contributed by atoms with Gasteiger partial charge in [0.2, 0.25) is 0 Å². The van der Waals surface area contributed by atoms with E-state index in [9.17, 15) is 13.2 Å². The van der Waals surface area contributed by atoms with Crippen LogP contribution in [0.1, 0.15) is 5.56 Å². The number of nitrogens with one attached hydrogen (secondary N) is 1. The Bertz CT molecular complexity index is 894. The average Bonchev–Trinajstić information content (AvgIpc) is 3.03. The van der Waals surface area contributed by atoms with Crippen molar-refractivity contribution in [2.24, 2.45) is 0 Å². The van der Waals surface area contributed by atoms with Gasteiger partial charge in [-0.1, -0.05) is 0 Å². The number of pyridine rings is 1. The highest BCUT2D eigenvalue weighted by Crippen LogP contribution is 2.35. The molecule has 0 saturated carbocycles. The molecule has 2 aromatic heterocycles. The summed E-state index contributed by atoms with van der Waals surface area (Å²) >= 11 is 0. The number of benzene rings is 1. The third-order valence-electron chi connectivity index (χ3n) is 4.47. The standard InChI is InChI=1S/C16H16F3N5/c1-23-4-6-24(7-5-23)15-14-13(20-9-21-14)11-8-10(16(17,18)19)2-3-12(11)22-15/h2-3,8-9H,4-7H2,1H3,(H,20,21). The minimum atomic E-state index is -4.38. The molecule has 0 spiro atoms. The second kappa shape index (κ2) is 5.34. The van der Waals surface area contributed by atoms with E-state index < -0.39 is 11.7 Å². The fourth-order valence-corrected chi connectivity index (χ4v) is 3.09. The minimum absolute atomic E-state index is 0.416. The monoisotopic (exact) mass is 335 g/mol. The van der Waals surface area contributed by atoms with Crippen molar-refractivity contribution in [1.82, 2.24) is 19.9 Å². The van der Waals surface area contributed by atoms with Crippen LogP contribution in [0.4, 0.5) is 19.0 Å². The first-order valence-electron chi connectivity index (χ1n) is 7.71. The summed E-state index contributed by atoms with van der Waals surface area (Å²) in [6.07, 6.45) is -2.88. The third-order valence-corrected chi connectivity index (χ3v) is 4.47. The predicted octanol–water partition coefficient (Wildman–Crippen LogP) is 2.88. The van der Waals surface area contributed by atoms with Gasteiger partial charge in [0.05, 0.1) is 17.4 Å². The molecule has 1 saturated heterocycles. The molecule has 1 aliphatic rings. The quantitative estimate of drug-likeness (QED) is 0.743. The maximum atomic E-state index is 13.0. The molecule has 0 unspecified atom stereocenters. The molecule has 0 amide bonds. The van der Waals surface area contributed by atoms with E-state index in [1.807, 2.05) is 0 Å². The van der Waals surface area contributed by atoms with Gasteiger partial charge >= 0.3 is 6.18 Å². The third kappa shape index (κ3) is 2.47. The topological polar surface area (TPSA) is 48.1 Å². The molecular formula is C16H16F3N5. The number of fused-ring (bicyclic) bond motifs is 3. The van der Waals surface area contributed by atoms with Gasteiger partial charge in [0.25, 0.3) is 0 Å². The van der Waals surface area contributed by atoms with Crippen LogP contribution in [0.2, 0.25) is 0 Å². The van der Waals surface area contributed by atoms with Crippen LogP contribution in [0.5, 0.6) is 0 Å². The number of aromatic amines is 1. The summed E-state index contributed by atoms with van der Waals surface area (Å²) in [6, 6.07) is 3.62. The van der Waals surface area contributed by atoms with Gasteiger partial charge in [-0.3, -0.25) is 0 Å². The molecule has 1 N–H and O–H groups in total. The van der Waals surface area contributed by atoms with Crippen LogP contribution in [0, 0.1) is 0 Å². The fourth-order valence-electron chi connectivity index (χ4n) is 3.09. The lowest BCUT2D eigenvalue weighted by Crippen LogP contribution is -2.44. The maximum absolute atomic E-state index is 13.0. The number of halogens is 3. The van der Waals surface area contributed by atoms with Crippen LogP contribution in [0.25, 0.3) is 21.9 Å². The Morgan fingerprint density at radius 1 is 1.12 bits per heavy atom. The van der Waals surface area contributed by atoms with E-state index >= 15 is 0 Å².